The van der Waals surface area contributed by atoms with Gasteiger partial charge in [-0.2, -0.15) is 18.3 Å². The van der Waals surface area contributed by atoms with E-state index in [9.17, 15) is 22.4 Å². The molecule has 3 aromatic rings. The first-order valence-corrected chi connectivity index (χ1v) is 9.13. The number of benzene rings is 1. The normalized spacial score (nSPS) is 16.6. The van der Waals surface area contributed by atoms with Gasteiger partial charge in [0, 0.05) is 18.5 Å². The van der Waals surface area contributed by atoms with Gasteiger partial charge in [-0.05, 0) is 49.2 Å². The SMILES string of the molecule is O=C(Nc1ccc(-n2nc(C3CCCO3)cc2C(F)(F)F)cc1)c1ccncc1F. The number of pyridine rings is 1. The second-order valence-corrected chi connectivity index (χ2v) is 6.72. The number of halogens is 4. The van der Waals surface area contributed by atoms with Gasteiger partial charge < -0.3 is 10.1 Å². The van der Waals surface area contributed by atoms with Crippen LogP contribution in [-0.2, 0) is 10.9 Å². The van der Waals surface area contributed by atoms with Crippen molar-refractivity contribution in [1.29, 1.82) is 0 Å². The molecule has 0 spiro atoms. The Balaban J connectivity index is 1.59. The molecule has 4 rings (SSSR count). The Bertz CT molecular complexity index is 1060. The Morgan fingerprint density at radius 3 is 2.60 bits per heavy atom. The summed E-state index contributed by atoms with van der Waals surface area (Å²) in [6, 6.07) is 7.84. The molecule has 3 heterocycles. The number of alkyl halides is 3. The van der Waals surface area contributed by atoms with Crippen molar-refractivity contribution in [2.24, 2.45) is 0 Å². The lowest BCUT2D eigenvalue weighted by atomic mass is 10.2. The number of carbonyl (C=O) groups is 1. The van der Waals surface area contributed by atoms with Gasteiger partial charge in [0.25, 0.3) is 5.91 Å². The fraction of sp³-hybridized carbons (Fsp3) is 0.250. The van der Waals surface area contributed by atoms with Crippen molar-refractivity contribution in [2.75, 3.05) is 11.9 Å². The number of aromatic nitrogens is 3. The Hall–Kier alpha value is -3.27. The minimum atomic E-state index is -4.60. The van der Waals surface area contributed by atoms with Gasteiger partial charge in [-0.25, -0.2) is 9.07 Å². The van der Waals surface area contributed by atoms with Crippen molar-refractivity contribution in [3.63, 3.8) is 0 Å². The maximum atomic E-state index is 13.7. The molecule has 0 bridgehead atoms. The fourth-order valence-electron chi connectivity index (χ4n) is 3.21. The molecule has 2 aromatic heterocycles. The molecule has 1 fully saturated rings. The Kier molecular flexibility index (Phi) is 5.25. The summed E-state index contributed by atoms with van der Waals surface area (Å²) in [5.41, 5.74) is -0.421. The monoisotopic (exact) mass is 420 g/mol. The van der Waals surface area contributed by atoms with Gasteiger partial charge in [0.15, 0.2) is 5.82 Å². The lowest BCUT2D eigenvalue weighted by molar-refractivity contribution is -0.142. The molecule has 0 aliphatic carbocycles. The zero-order chi connectivity index (χ0) is 21.3. The first kappa shape index (κ1) is 20.0. The van der Waals surface area contributed by atoms with E-state index in [1.807, 2.05) is 0 Å². The van der Waals surface area contributed by atoms with Gasteiger partial charge in [0.1, 0.15) is 11.8 Å². The summed E-state index contributed by atoms with van der Waals surface area (Å²) in [6.07, 6.45) is -1.48. The first-order valence-electron chi connectivity index (χ1n) is 9.13. The average Bonchev–Trinajstić information content (AvgIpc) is 3.38. The maximum absolute atomic E-state index is 13.7. The third-order valence-electron chi connectivity index (χ3n) is 4.67. The van der Waals surface area contributed by atoms with E-state index >= 15 is 0 Å². The number of carbonyl (C=O) groups excluding carboxylic acids is 1. The third-order valence-corrected chi connectivity index (χ3v) is 4.67. The van der Waals surface area contributed by atoms with Crippen LogP contribution < -0.4 is 5.32 Å². The number of hydrogen-bond donors (Lipinski definition) is 1. The van der Waals surface area contributed by atoms with E-state index < -0.39 is 29.7 Å². The Labute approximate surface area is 168 Å². The van der Waals surface area contributed by atoms with E-state index in [1.165, 1.54) is 36.5 Å². The highest BCUT2D eigenvalue weighted by Crippen LogP contribution is 2.35. The first-order chi connectivity index (χ1) is 14.3. The molecular weight excluding hydrogens is 404 g/mol. The number of amides is 1. The number of nitrogens with one attached hydrogen (secondary N) is 1. The molecule has 1 saturated heterocycles. The summed E-state index contributed by atoms with van der Waals surface area (Å²) in [5, 5.41) is 6.60. The maximum Gasteiger partial charge on any atom is 0.433 e. The number of rotatable bonds is 4. The molecule has 0 saturated carbocycles. The highest BCUT2D eigenvalue weighted by atomic mass is 19.4. The summed E-state index contributed by atoms with van der Waals surface area (Å²) in [4.78, 5) is 15.7. The van der Waals surface area contributed by atoms with Crippen molar-refractivity contribution < 1.29 is 27.1 Å². The number of anilines is 1. The van der Waals surface area contributed by atoms with Crippen LogP contribution in [0.3, 0.4) is 0 Å². The van der Waals surface area contributed by atoms with E-state index in [-0.39, 0.29) is 16.9 Å². The van der Waals surface area contributed by atoms with Crippen molar-refractivity contribution in [3.8, 4) is 5.69 Å². The summed E-state index contributed by atoms with van der Waals surface area (Å²) >= 11 is 0. The third kappa shape index (κ3) is 4.04. The van der Waals surface area contributed by atoms with Gasteiger partial charge in [0.05, 0.1) is 23.1 Å². The molecule has 1 aliphatic rings. The molecule has 1 amide bonds. The average molecular weight is 420 g/mol. The predicted octanol–water partition coefficient (Wildman–Crippen LogP) is 4.53. The standard InChI is InChI=1S/C20H16F4N4O2/c21-15-11-25-8-7-14(15)19(29)26-12-3-5-13(6-4-12)28-18(20(22,23)24)10-16(27-28)17-2-1-9-30-17/h3-8,10-11,17H,1-2,9H2,(H,26,29). The topological polar surface area (TPSA) is 69.0 Å². The lowest BCUT2D eigenvalue weighted by Crippen LogP contribution is -2.15. The van der Waals surface area contributed by atoms with Gasteiger partial charge in [0.2, 0.25) is 0 Å². The molecule has 1 aliphatic heterocycles. The molecule has 0 radical (unpaired) electrons. The van der Waals surface area contributed by atoms with Crippen molar-refractivity contribution >= 4 is 11.6 Å². The molecule has 6 nitrogen and oxygen atoms in total. The van der Waals surface area contributed by atoms with Crippen molar-refractivity contribution in [1.82, 2.24) is 14.8 Å². The molecule has 1 aromatic carbocycles. The Morgan fingerprint density at radius 2 is 1.97 bits per heavy atom. The van der Waals surface area contributed by atoms with E-state index in [1.54, 1.807) is 0 Å². The lowest BCUT2D eigenvalue weighted by Gasteiger charge is -2.11. The Morgan fingerprint density at radius 1 is 1.20 bits per heavy atom. The van der Waals surface area contributed by atoms with E-state index in [2.05, 4.69) is 15.4 Å². The number of hydrogen-bond acceptors (Lipinski definition) is 4. The highest BCUT2D eigenvalue weighted by Gasteiger charge is 2.37. The molecular formula is C20H16F4N4O2. The summed E-state index contributed by atoms with van der Waals surface area (Å²) in [7, 11) is 0. The van der Waals surface area contributed by atoms with Crippen LogP contribution in [0.5, 0.6) is 0 Å². The van der Waals surface area contributed by atoms with Crippen LogP contribution in [-0.4, -0.2) is 27.3 Å². The smallest absolute Gasteiger partial charge is 0.372 e. The van der Waals surface area contributed by atoms with Crippen molar-refractivity contribution in [2.45, 2.75) is 25.1 Å². The fourth-order valence-corrected chi connectivity index (χ4v) is 3.21. The van der Waals surface area contributed by atoms with Gasteiger partial charge >= 0.3 is 6.18 Å². The summed E-state index contributed by atoms with van der Waals surface area (Å²) in [5.74, 6) is -1.47. The molecule has 10 heteroatoms. The second kappa shape index (κ2) is 7.86. The van der Waals surface area contributed by atoms with E-state index in [4.69, 9.17) is 4.74 Å². The zero-order valence-corrected chi connectivity index (χ0v) is 15.5. The van der Waals surface area contributed by atoms with Crippen molar-refractivity contribution in [3.05, 3.63) is 71.6 Å². The van der Waals surface area contributed by atoms with Crippen LogP contribution in [0, 0.1) is 5.82 Å². The summed E-state index contributed by atoms with van der Waals surface area (Å²) in [6.45, 7) is 0.491. The molecule has 1 N–H and O–H groups in total. The molecule has 156 valence electrons. The number of ether oxygens (including phenoxy) is 1. The minimum absolute atomic E-state index is 0.166. The quantitative estimate of drug-likeness (QED) is 0.630. The molecule has 30 heavy (non-hydrogen) atoms. The summed E-state index contributed by atoms with van der Waals surface area (Å²) < 4.78 is 60.5. The van der Waals surface area contributed by atoms with Crippen LogP contribution in [0.15, 0.2) is 48.8 Å². The molecule has 1 atom stereocenters. The van der Waals surface area contributed by atoms with Gasteiger partial charge in [-0.3, -0.25) is 9.78 Å². The van der Waals surface area contributed by atoms with Crippen LogP contribution >= 0.6 is 0 Å². The van der Waals surface area contributed by atoms with E-state index in [0.717, 1.165) is 23.4 Å². The minimum Gasteiger partial charge on any atom is -0.372 e. The largest absolute Gasteiger partial charge is 0.433 e. The van der Waals surface area contributed by atoms with E-state index in [0.29, 0.717) is 18.7 Å². The molecule has 1 unspecified atom stereocenters. The number of nitrogens with zero attached hydrogens (tertiary/aromatic N) is 3. The van der Waals surface area contributed by atoms with Crippen LogP contribution in [0.2, 0.25) is 0 Å². The van der Waals surface area contributed by atoms with Crippen LogP contribution in [0.1, 0.15) is 40.7 Å². The predicted molar refractivity (Wildman–Crippen MR) is 98.6 cm³/mol. The van der Waals surface area contributed by atoms with Crippen LogP contribution in [0.4, 0.5) is 23.2 Å². The second-order valence-electron chi connectivity index (χ2n) is 6.72. The highest BCUT2D eigenvalue weighted by molar-refractivity contribution is 6.04. The van der Waals surface area contributed by atoms with Gasteiger partial charge in [-0.1, -0.05) is 0 Å². The van der Waals surface area contributed by atoms with Gasteiger partial charge in [-0.15, -0.1) is 0 Å². The van der Waals surface area contributed by atoms with Crippen LogP contribution in [0.25, 0.3) is 5.69 Å². The zero-order valence-electron chi connectivity index (χ0n) is 15.5.